The Morgan fingerprint density at radius 1 is 1.88 bits per heavy atom. The van der Waals surface area contributed by atoms with Gasteiger partial charge in [0.25, 0.3) is 10.3 Å². The fraction of sp³-hybridized carbons (Fsp3) is 0.714. The van der Waals surface area contributed by atoms with E-state index >= 15 is 0 Å². The maximum Gasteiger partial charge on any atom is 0.294 e. The van der Waals surface area contributed by atoms with E-state index in [2.05, 4.69) is 4.84 Å². The van der Waals surface area contributed by atoms with Gasteiger partial charge in [0.1, 0.15) is 12.1 Å². The number of hydrogen-bond donors (Lipinski definition) is 1. The lowest BCUT2D eigenvalue weighted by Gasteiger charge is -2.23. The first-order valence-electron chi connectivity index (χ1n) is 4.45. The van der Waals surface area contributed by atoms with E-state index in [1.54, 1.807) is 0 Å². The Bertz CT molecular complexity index is 323. The number of amides is 2. The quantitative estimate of drug-likeness (QED) is 0.523. The lowest BCUT2D eigenvalue weighted by molar-refractivity contribution is -0.767. The minimum absolute atomic E-state index is 0.0274. The Morgan fingerprint density at radius 2 is 2.50 bits per heavy atom. The van der Waals surface area contributed by atoms with Gasteiger partial charge in [-0.3, -0.25) is 9.59 Å². The van der Waals surface area contributed by atoms with Gasteiger partial charge in [-0.25, -0.2) is 0 Å². The van der Waals surface area contributed by atoms with E-state index < -0.39 is 23.1 Å². The molecule has 8 nitrogen and oxygen atoms in total. The van der Waals surface area contributed by atoms with E-state index in [0.29, 0.717) is 0 Å². The third-order valence-corrected chi connectivity index (χ3v) is 2.99. The van der Waals surface area contributed by atoms with Crippen LogP contribution in [0.5, 0.6) is 0 Å². The van der Waals surface area contributed by atoms with Crippen LogP contribution in [0.3, 0.4) is 0 Å². The topological polar surface area (TPSA) is 116 Å². The van der Waals surface area contributed by atoms with Crippen LogP contribution in [0.25, 0.3) is 0 Å². The van der Waals surface area contributed by atoms with Crippen molar-refractivity contribution in [3.05, 3.63) is 10.1 Å². The third kappa shape index (κ3) is 2.99. The van der Waals surface area contributed by atoms with Crippen molar-refractivity contribution in [1.29, 1.82) is 0 Å². The molecule has 0 aromatic rings. The van der Waals surface area contributed by atoms with Crippen molar-refractivity contribution in [3.8, 4) is 0 Å². The predicted molar refractivity (Wildman–Crippen MR) is 55.1 cm³/mol. The summed E-state index contributed by atoms with van der Waals surface area (Å²) in [5, 5.41) is 8.81. The number of nitrogens with zero attached hydrogens (tertiary/aromatic N) is 2. The standard InChI is InChI=1S/C7H11N3O5S/c1-4(15-10(13)14)2-9-5(6(8)11)3-16-7(9)12/h4-5H,2-3H2,1H3,(H2,8,11)/t4-,5?/m1/s1. The lowest BCUT2D eigenvalue weighted by atomic mass is 10.2. The van der Waals surface area contributed by atoms with E-state index in [4.69, 9.17) is 5.73 Å². The molecule has 0 bridgehead atoms. The highest BCUT2D eigenvalue weighted by Gasteiger charge is 2.36. The second kappa shape index (κ2) is 5.01. The summed E-state index contributed by atoms with van der Waals surface area (Å²) in [6.45, 7) is 1.41. The molecule has 0 saturated carbocycles. The van der Waals surface area contributed by atoms with Crippen molar-refractivity contribution in [2.24, 2.45) is 5.73 Å². The van der Waals surface area contributed by atoms with Crippen LogP contribution in [0.15, 0.2) is 0 Å². The molecular formula is C7H11N3O5S. The number of carbonyl (C=O) groups excluding carboxylic acids is 2. The summed E-state index contributed by atoms with van der Waals surface area (Å²) in [5.41, 5.74) is 5.11. The molecule has 0 aromatic heterocycles. The molecule has 1 aliphatic rings. The summed E-state index contributed by atoms with van der Waals surface area (Å²) < 4.78 is 0. The molecule has 1 heterocycles. The zero-order chi connectivity index (χ0) is 12.3. The highest BCUT2D eigenvalue weighted by molar-refractivity contribution is 8.13. The summed E-state index contributed by atoms with van der Waals surface area (Å²) in [6, 6.07) is -0.713. The molecule has 16 heavy (non-hydrogen) atoms. The van der Waals surface area contributed by atoms with E-state index in [1.165, 1.54) is 11.8 Å². The van der Waals surface area contributed by atoms with Crippen LogP contribution in [0.4, 0.5) is 4.79 Å². The van der Waals surface area contributed by atoms with Crippen LogP contribution in [-0.2, 0) is 9.63 Å². The molecule has 0 radical (unpaired) electrons. The van der Waals surface area contributed by atoms with Crippen molar-refractivity contribution in [2.75, 3.05) is 12.3 Å². The minimum Gasteiger partial charge on any atom is -0.368 e. The zero-order valence-electron chi connectivity index (χ0n) is 8.49. The van der Waals surface area contributed by atoms with Crippen LogP contribution in [-0.4, -0.2) is 45.6 Å². The highest BCUT2D eigenvalue weighted by atomic mass is 32.2. The van der Waals surface area contributed by atoms with Crippen LogP contribution >= 0.6 is 11.8 Å². The average Bonchev–Trinajstić information content (AvgIpc) is 2.46. The lowest BCUT2D eigenvalue weighted by Crippen LogP contribution is -2.46. The average molecular weight is 249 g/mol. The van der Waals surface area contributed by atoms with Crippen LogP contribution < -0.4 is 5.73 Å². The Morgan fingerprint density at radius 3 is 3.00 bits per heavy atom. The molecule has 0 aromatic carbocycles. The summed E-state index contributed by atoms with van der Waals surface area (Å²) in [4.78, 5) is 37.9. The molecule has 2 amide bonds. The molecule has 1 aliphatic heterocycles. The summed E-state index contributed by atoms with van der Waals surface area (Å²) >= 11 is 0.963. The van der Waals surface area contributed by atoms with Gasteiger partial charge in [0.15, 0.2) is 0 Å². The van der Waals surface area contributed by atoms with Gasteiger partial charge in [-0.05, 0) is 6.92 Å². The molecule has 1 saturated heterocycles. The zero-order valence-corrected chi connectivity index (χ0v) is 9.31. The van der Waals surface area contributed by atoms with Gasteiger partial charge in [-0.1, -0.05) is 11.8 Å². The van der Waals surface area contributed by atoms with E-state index in [9.17, 15) is 19.7 Å². The minimum atomic E-state index is -0.933. The Labute approximate surface area is 95.2 Å². The fourth-order valence-corrected chi connectivity index (χ4v) is 2.36. The first-order chi connectivity index (χ1) is 7.41. The first-order valence-corrected chi connectivity index (χ1v) is 5.44. The van der Waals surface area contributed by atoms with Crippen LogP contribution in [0.1, 0.15) is 6.92 Å². The van der Waals surface area contributed by atoms with Gasteiger partial charge in [0.2, 0.25) is 5.91 Å². The number of carbonyl (C=O) groups is 2. The highest BCUT2D eigenvalue weighted by Crippen LogP contribution is 2.24. The SMILES string of the molecule is C[C@H](CN1C(=O)SCC1C(N)=O)O[N+](=O)[O-]. The smallest absolute Gasteiger partial charge is 0.294 e. The normalized spacial score (nSPS) is 21.9. The number of primary amides is 1. The number of rotatable bonds is 5. The Kier molecular flexibility index (Phi) is 3.93. The monoisotopic (exact) mass is 249 g/mol. The molecule has 1 fully saturated rings. The molecular weight excluding hydrogens is 238 g/mol. The van der Waals surface area contributed by atoms with Crippen molar-refractivity contribution < 1.29 is 19.5 Å². The molecule has 0 spiro atoms. The van der Waals surface area contributed by atoms with Gasteiger partial charge in [-0.15, -0.1) is 10.1 Å². The first kappa shape index (κ1) is 12.6. The summed E-state index contributed by atoms with van der Waals surface area (Å²) in [6.07, 6.45) is -0.792. The maximum absolute atomic E-state index is 11.4. The van der Waals surface area contributed by atoms with E-state index in [1.807, 2.05) is 0 Å². The molecule has 1 unspecified atom stereocenters. The maximum atomic E-state index is 11.4. The molecule has 0 aliphatic carbocycles. The molecule has 9 heteroatoms. The molecule has 90 valence electrons. The fourth-order valence-electron chi connectivity index (χ4n) is 1.35. The van der Waals surface area contributed by atoms with Gasteiger partial charge in [-0.2, -0.15) is 0 Å². The van der Waals surface area contributed by atoms with Crippen molar-refractivity contribution in [1.82, 2.24) is 4.90 Å². The van der Waals surface area contributed by atoms with Crippen LogP contribution in [0, 0.1) is 10.1 Å². The van der Waals surface area contributed by atoms with E-state index in [-0.39, 0.29) is 17.5 Å². The van der Waals surface area contributed by atoms with Crippen molar-refractivity contribution in [3.63, 3.8) is 0 Å². The summed E-state index contributed by atoms with van der Waals surface area (Å²) in [5.74, 6) is -0.342. The number of nitrogens with two attached hydrogens (primary N) is 1. The second-order valence-corrected chi connectivity index (χ2v) is 4.26. The molecule has 2 atom stereocenters. The van der Waals surface area contributed by atoms with Gasteiger partial charge < -0.3 is 15.5 Å². The molecule has 1 rings (SSSR count). The van der Waals surface area contributed by atoms with Crippen molar-refractivity contribution >= 4 is 22.9 Å². The molecule has 2 N–H and O–H groups in total. The van der Waals surface area contributed by atoms with Gasteiger partial charge >= 0.3 is 0 Å². The van der Waals surface area contributed by atoms with Crippen LogP contribution in [0.2, 0.25) is 0 Å². The van der Waals surface area contributed by atoms with Crippen molar-refractivity contribution in [2.45, 2.75) is 19.1 Å². The largest absolute Gasteiger partial charge is 0.368 e. The van der Waals surface area contributed by atoms with Gasteiger partial charge in [0.05, 0.1) is 0 Å². The summed E-state index contributed by atoms with van der Waals surface area (Å²) in [7, 11) is 0. The Hall–Kier alpha value is -1.51. The Balaban J connectivity index is 2.59. The van der Waals surface area contributed by atoms with E-state index in [0.717, 1.165) is 11.8 Å². The third-order valence-electron chi connectivity index (χ3n) is 2.02. The second-order valence-electron chi connectivity index (χ2n) is 3.29. The number of hydrogen-bond acceptors (Lipinski definition) is 6. The van der Waals surface area contributed by atoms with Gasteiger partial charge in [0, 0.05) is 12.3 Å². The number of thioether (sulfide) groups is 1. The predicted octanol–water partition coefficient (Wildman–Crippen LogP) is -0.394.